The molecule has 6 heteroatoms. The summed E-state index contributed by atoms with van der Waals surface area (Å²) in [6.45, 7) is 4.27. The molecule has 1 atom stereocenters. The summed E-state index contributed by atoms with van der Waals surface area (Å²) in [6.07, 6.45) is 0.270. The molecule has 0 bridgehead atoms. The van der Waals surface area contributed by atoms with Crippen molar-refractivity contribution in [1.29, 1.82) is 0 Å². The quantitative estimate of drug-likeness (QED) is 0.467. The summed E-state index contributed by atoms with van der Waals surface area (Å²) < 4.78 is 0.524. The largest absolute Gasteiger partial charge is 0.310 e. The van der Waals surface area contributed by atoms with E-state index in [4.69, 9.17) is 12.2 Å². The van der Waals surface area contributed by atoms with E-state index in [1.54, 1.807) is 9.80 Å². The third-order valence-corrected chi connectivity index (χ3v) is 6.92. The number of aryl methyl sites for hydroxylation is 2. The Morgan fingerprint density at radius 2 is 1.66 bits per heavy atom. The highest BCUT2D eigenvalue weighted by Gasteiger charge is 2.40. The number of carbonyl (C=O) groups excluding carboxylic acids is 2. The topological polar surface area (TPSA) is 40.6 Å². The summed E-state index contributed by atoms with van der Waals surface area (Å²) in [6, 6.07) is 25.1. The Hall–Kier alpha value is -2.96. The molecule has 0 radical (unpaired) electrons. The Balaban J connectivity index is 1.59. The number of thiocarbonyl (C=S) groups is 1. The molecule has 1 saturated heterocycles. The first-order valence-electron chi connectivity index (χ1n) is 10.4. The number of amides is 2. The van der Waals surface area contributed by atoms with Crippen molar-refractivity contribution in [1.82, 2.24) is 0 Å². The van der Waals surface area contributed by atoms with Crippen LogP contribution < -0.4 is 9.80 Å². The van der Waals surface area contributed by atoms with E-state index >= 15 is 0 Å². The van der Waals surface area contributed by atoms with Crippen LogP contribution in [0.1, 0.15) is 16.7 Å². The molecular weight excluding hydrogens is 436 g/mol. The van der Waals surface area contributed by atoms with Crippen LogP contribution in [0, 0.1) is 13.8 Å². The van der Waals surface area contributed by atoms with Gasteiger partial charge in [0.1, 0.15) is 9.57 Å². The summed E-state index contributed by atoms with van der Waals surface area (Å²) in [5, 5.41) is -0.455. The lowest BCUT2D eigenvalue weighted by molar-refractivity contribution is -0.118. The minimum atomic E-state index is -0.455. The van der Waals surface area contributed by atoms with Crippen LogP contribution in [0.2, 0.25) is 0 Å². The van der Waals surface area contributed by atoms with Gasteiger partial charge in [0, 0.05) is 12.2 Å². The highest BCUT2D eigenvalue weighted by atomic mass is 32.2. The maximum atomic E-state index is 13.4. The summed E-state index contributed by atoms with van der Waals surface area (Å²) in [5.74, 6) is -0.132. The molecule has 2 amide bonds. The fraction of sp³-hybridized carbons (Fsp3) is 0.192. The van der Waals surface area contributed by atoms with Gasteiger partial charge in [0.2, 0.25) is 11.8 Å². The van der Waals surface area contributed by atoms with Gasteiger partial charge in [0.25, 0.3) is 0 Å². The SMILES string of the molecule is Cc1ccc(N2C(=O)C(CN(C(=O)Cc3ccccc3)c3ccccc3)SC2=S)c(C)c1. The summed E-state index contributed by atoms with van der Waals surface area (Å²) in [7, 11) is 0. The van der Waals surface area contributed by atoms with Gasteiger partial charge in [-0.3, -0.25) is 14.5 Å². The molecule has 1 aliphatic heterocycles. The number of thioether (sulfide) groups is 1. The van der Waals surface area contributed by atoms with Gasteiger partial charge in [-0.05, 0) is 43.2 Å². The molecule has 1 heterocycles. The number of anilines is 2. The Morgan fingerprint density at radius 3 is 2.31 bits per heavy atom. The van der Waals surface area contributed by atoms with Crippen LogP contribution in [0.15, 0.2) is 78.9 Å². The molecule has 4 rings (SSSR count). The number of rotatable bonds is 6. The van der Waals surface area contributed by atoms with Crippen molar-refractivity contribution in [3.05, 3.63) is 95.6 Å². The smallest absolute Gasteiger partial charge is 0.248 e. The van der Waals surface area contributed by atoms with Gasteiger partial charge < -0.3 is 4.90 Å². The van der Waals surface area contributed by atoms with Crippen LogP contribution in [0.3, 0.4) is 0 Å². The van der Waals surface area contributed by atoms with E-state index < -0.39 is 5.25 Å². The minimum absolute atomic E-state index is 0.0494. The Morgan fingerprint density at radius 1 is 1.00 bits per heavy atom. The van der Waals surface area contributed by atoms with Crippen LogP contribution in [0.5, 0.6) is 0 Å². The molecule has 4 nitrogen and oxygen atoms in total. The van der Waals surface area contributed by atoms with Crippen molar-refractivity contribution in [2.45, 2.75) is 25.5 Å². The minimum Gasteiger partial charge on any atom is -0.310 e. The zero-order valence-corrected chi connectivity index (χ0v) is 19.7. The molecule has 1 aliphatic rings. The van der Waals surface area contributed by atoms with Gasteiger partial charge in [0.05, 0.1) is 12.1 Å². The second-order valence-electron chi connectivity index (χ2n) is 7.84. The number of para-hydroxylation sites is 1. The Kier molecular flexibility index (Phi) is 6.72. The summed E-state index contributed by atoms with van der Waals surface area (Å²) in [5.41, 5.74) is 4.66. The van der Waals surface area contributed by atoms with Crippen molar-refractivity contribution in [3.8, 4) is 0 Å². The van der Waals surface area contributed by atoms with E-state index in [1.165, 1.54) is 11.8 Å². The molecule has 0 saturated carbocycles. The number of hydrogen-bond donors (Lipinski definition) is 0. The van der Waals surface area contributed by atoms with Crippen LogP contribution in [-0.4, -0.2) is 27.9 Å². The molecule has 3 aromatic rings. The number of carbonyl (C=O) groups is 2. The zero-order valence-electron chi connectivity index (χ0n) is 18.0. The summed E-state index contributed by atoms with van der Waals surface area (Å²) in [4.78, 5) is 30.0. The van der Waals surface area contributed by atoms with Crippen molar-refractivity contribution in [2.75, 3.05) is 16.3 Å². The highest BCUT2D eigenvalue weighted by Crippen LogP contribution is 2.35. The van der Waals surface area contributed by atoms with E-state index in [-0.39, 0.29) is 24.8 Å². The lowest BCUT2D eigenvalue weighted by atomic mass is 10.1. The van der Waals surface area contributed by atoms with E-state index in [9.17, 15) is 9.59 Å². The first-order valence-corrected chi connectivity index (χ1v) is 11.7. The Labute approximate surface area is 198 Å². The van der Waals surface area contributed by atoms with Crippen LogP contribution in [0.25, 0.3) is 0 Å². The second-order valence-corrected chi connectivity index (χ2v) is 9.67. The molecule has 0 spiro atoms. The van der Waals surface area contributed by atoms with Gasteiger partial charge in [0.15, 0.2) is 0 Å². The van der Waals surface area contributed by atoms with Crippen molar-refractivity contribution in [3.63, 3.8) is 0 Å². The standard InChI is InChI=1S/C26H24N2O2S2/c1-18-13-14-22(19(2)15-18)28-25(30)23(32-26(28)31)17-27(21-11-7-4-8-12-21)24(29)16-20-9-5-3-6-10-20/h3-15,23H,16-17H2,1-2H3. The molecule has 162 valence electrons. The predicted octanol–water partition coefficient (Wildman–Crippen LogP) is 5.31. The molecule has 0 aliphatic carbocycles. The number of hydrogen-bond acceptors (Lipinski definition) is 4. The summed E-state index contributed by atoms with van der Waals surface area (Å²) >= 11 is 6.92. The van der Waals surface area contributed by atoms with Gasteiger partial charge >= 0.3 is 0 Å². The molecular formula is C26H24N2O2S2. The Bertz CT molecular complexity index is 1150. The maximum Gasteiger partial charge on any atom is 0.248 e. The third-order valence-electron chi connectivity index (χ3n) is 5.43. The lowest BCUT2D eigenvalue weighted by Crippen LogP contribution is -2.41. The number of benzene rings is 3. The van der Waals surface area contributed by atoms with E-state index in [0.717, 1.165) is 28.1 Å². The zero-order chi connectivity index (χ0) is 22.7. The van der Waals surface area contributed by atoms with Crippen LogP contribution in [-0.2, 0) is 16.0 Å². The van der Waals surface area contributed by atoms with Crippen LogP contribution >= 0.6 is 24.0 Å². The van der Waals surface area contributed by atoms with Gasteiger partial charge in [-0.15, -0.1) is 0 Å². The molecule has 32 heavy (non-hydrogen) atoms. The van der Waals surface area contributed by atoms with Crippen molar-refractivity contribution < 1.29 is 9.59 Å². The second kappa shape index (κ2) is 9.67. The third kappa shape index (κ3) is 4.76. The van der Waals surface area contributed by atoms with Gasteiger partial charge in [-0.1, -0.05) is 90.2 Å². The molecule has 0 N–H and O–H groups in total. The molecule has 3 aromatic carbocycles. The first-order chi connectivity index (χ1) is 15.4. The highest BCUT2D eigenvalue weighted by molar-refractivity contribution is 8.25. The fourth-order valence-corrected chi connectivity index (χ4v) is 5.34. The van der Waals surface area contributed by atoms with Crippen LogP contribution in [0.4, 0.5) is 11.4 Å². The monoisotopic (exact) mass is 460 g/mol. The maximum absolute atomic E-state index is 13.4. The predicted molar refractivity (Wildman–Crippen MR) is 136 cm³/mol. The van der Waals surface area contributed by atoms with Gasteiger partial charge in [-0.2, -0.15) is 0 Å². The molecule has 1 unspecified atom stereocenters. The van der Waals surface area contributed by atoms with E-state index in [2.05, 4.69) is 0 Å². The van der Waals surface area contributed by atoms with E-state index in [1.807, 2.05) is 92.7 Å². The lowest BCUT2D eigenvalue weighted by Gasteiger charge is -2.25. The van der Waals surface area contributed by atoms with Crippen molar-refractivity contribution in [2.24, 2.45) is 0 Å². The van der Waals surface area contributed by atoms with Gasteiger partial charge in [-0.25, -0.2) is 0 Å². The molecule has 0 aromatic heterocycles. The molecule has 1 fully saturated rings. The average Bonchev–Trinajstić information content (AvgIpc) is 3.06. The fourth-order valence-electron chi connectivity index (χ4n) is 3.84. The van der Waals surface area contributed by atoms with E-state index in [0.29, 0.717) is 4.32 Å². The number of nitrogens with zero attached hydrogens (tertiary/aromatic N) is 2. The normalized spacial score (nSPS) is 15.8. The first kappa shape index (κ1) is 22.2. The van der Waals surface area contributed by atoms with Crippen molar-refractivity contribution >= 4 is 51.5 Å². The average molecular weight is 461 g/mol.